The average Bonchev–Trinajstić information content (AvgIpc) is 3.40. The van der Waals surface area contributed by atoms with Gasteiger partial charge in [-0.05, 0) is 38.2 Å². The first-order chi connectivity index (χ1) is 14.0. The number of likely N-dealkylation sites (tertiary alicyclic amines) is 1. The zero-order valence-corrected chi connectivity index (χ0v) is 16.9. The highest BCUT2D eigenvalue weighted by Crippen LogP contribution is 2.37. The predicted molar refractivity (Wildman–Crippen MR) is 108 cm³/mol. The molecule has 154 valence electrons. The minimum Gasteiger partial charge on any atom is -0.481 e. The normalized spacial score (nSPS) is 22.7. The minimum atomic E-state index is -1.02. The number of aliphatic carboxylic acids is 1. The second-order valence-electron chi connectivity index (χ2n) is 8.60. The summed E-state index contributed by atoms with van der Waals surface area (Å²) < 4.78 is 5.53. The molecular formula is C23H28N2O4. The third-order valence-electron chi connectivity index (χ3n) is 6.54. The number of carboxylic acids is 1. The van der Waals surface area contributed by atoms with Crippen molar-refractivity contribution < 1.29 is 19.2 Å². The summed E-state index contributed by atoms with van der Waals surface area (Å²) >= 11 is 0. The first-order valence-electron chi connectivity index (χ1n) is 10.5. The highest BCUT2D eigenvalue weighted by Gasteiger charge is 2.45. The minimum absolute atomic E-state index is 0.0672. The van der Waals surface area contributed by atoms with Crippen LogP contribution in [0.5, 0.6) is 0 Å². The standard InChI is InChI=1S/C23H28N2O4/c1-16-7-2-5-10-19(16)20-13-18(29-24-20)14-23(22(27)28)11-6-12-25(15-23)21(26)17-8-3-4-9-17/h2,5,7,10,13,17H,3-4,6,8-9,11-12,14-15H2,1H3,(H,27,28). The quantitative estimate of drug-likeness (QED) is 0.823. The maximum Gasteiger partial charge on any atom is 0.311 e. The highest BCUT2D eigenvalue weighted by molar-refractivity contribution is 5.81. The SMILES string of the molecule is Cc1ccccc1-c1cc(CC2(C(=O)O)CCCN(C(=O)C3CCCC3)C2)on1. The van der Waals surface area contributed by atoms with Crippen molar-refractivity contribution in [1.82, 2.24) is 10.1 Å². The molecule has 1 aromatic carbocycles. The molecule has 1 saturated carbocycles. The van der Waals surface area contributed by atoms with E-state index < -0.39 is 11.4 Å². The molecule has 2 fully saturated rings. The van der Waals surface area contributed by atoms with Gasteiger partial charge in [0.2, 0.25) is 5.91 Å². The van der Waals surface area contributed by atoms with Crippen LogP contribution in [-0.4, -0.2) is 40.1 Å². The third kappa shape index (κ3) is 3.93. The van der Waals surface area contributed by atoms with Crippen LogP contribution in [0, 0.1) is 18.3 Å². The number of aromatic nitrogens is 1. The molecule has 1 N–H and O–H groups in total. The summed E-state index contributed by atoms with van der Waals surface area (Å²) in [6.45, 7) is 2.91. The largest absolute Gasteiger partial charge is 0.481 e. The van der Waals surface area contributed by atoms with Crippen molar-refractivity contribution in [2.24, 2.45) is 11.3 Å². The number of carboxylic acid groups (broad SMARTS) is 1. The number of aryl methyl sites for hydroxylation is 1. The molecule has 1 aliphatic heterocycles. The van der Waals surface area contributed by atoms with Gasteiger partial charge in [-0.3, -0.25) is 9.59 Å². The van der Waals surface area contributed by atoms with Gasteiger partial charge in [-0.2, -0.15) is 0 Å². The Kier molecular flexibility index (Phi) is 5.43. The zero-order chi connectivity index (χ0) is 20.4. The fourth-order valence-electron chi connectivity index (χ4n) is 4.86. The zero-order valence-electron chi connectivity index (χ0n) is 16.9. The Hall–Kier alpha value is -2.63. The Bertz CT molecular complexity index is 900. The fourth-order valence-corrected chi connectivity index (χ4v) is 4.86. The summed E-state index contributed by atoms with van der Waals surface area (Å²) in [5, 5.41) is 14.3. The van der Waals surface area contributed by atoms with Gasteiger partial charge in [-0.15, -0.1) is 0 Å². The molecule has 1 unspecified atom stereocenters. The van der Waals surface area contributed by atoms with E-state index in [1.807, 2.05) is 37.3 Å². The lowest BCUT2D eigenvalue weighted by Gasteiger charge is -2.40. The molecule has 1 aliphatic carbocycles. The van der Waals surface area contributed by atoms with E-state index in [2.05, 4.69) is 5.16 Å². The topological polar surface area (TPSA) is 83.6 Å². The molecule has 1 amide bonds. The summed E-state index contributed by atoms with van der Waals surface area (Å²) in [6.07, 6.45) is 5.52. The molecular weight excluding hydrogens is 368 g/mol. The van der Waals surface area contributed by atoms with Crippen molar-refractivity contribution in [2.75, 3.05) is 13.1 Å². The Labute approximate surface area is 170 Å². The van der Waals surface area contributed by atoms with Crippen LogP contribution in [0.25, 0.3) is 11.3 Å². The van der Waals surface area contributed by atoms with Crippen LogP contribution in [0.2, 0.25) is 0 Å². The molecule has 2 aromatic rings. The highest BCUT2D eigenvalue weighted by atomic mass is 16.5. The van der Waals surface area contributed by atoms with Crippen LogP contribution in [-0.2, 0) is 16.0 Å². The van der Waals surface area contributed by atoms with Crippen molar-refractivity contribution in [3.63, 3.8) is 0 Å². The molecule has 2 aliphatic rings. The van der Waals surface area contributed by atoms with E-state index in [0.29, 0.717) is 30.8 Å². The molecule has 0 radical (unpaired) electrons. The summed E-state index contributed by atoms with van der Waals surface area (Å²) in [6, 6.07) is 9.74. The van der Waals surface area contributed by atoms with E-state index in [-0.39, 0.29) is 24.8 Å². The number of amides is 1. The van der Waals surface area contributed by atoms with E-state index in [4.69, 9.17) is 4.52 Å². The van der Waals surface area contributed by atoms with Gasteiger partial charge < -0.3 is 14.5 Å². The lowest BCUT2D eigenvalue weighted by molar-refractivity contribution is -0.156. The Morgan fingerprint density at radius 2 is 2.00 bits per heavy atom. The first kappa shape index (κ1) is 19.7. The van der Waals surface area contributed by atoms with Crippen LogP contribution in [0.1, 0.15) is 49.8 Å². The smallest absolute Gasteiger partial charge is 0.311 e. The number of nitrogens with zero attached hydrogens (tertiary/aromatic N) is 2. The van der Waals surface area contributed by atoms with Crippen LogP contribution < -0.4 is 0 Å². The van der Waals surface area contributed by atoms with Gasteiger partial charge in [-0.25, -0.2) is 0 Å². The lowest BCUT2D eigenvalue weighted by atomic mass is 9.76. The second-order valence-corrected chi connectivity index (χ2v) is 8.60. The lowest BCUT2D eigenvalue weighted by Crippen LogP contribution is -2.52. The average molecular weight is 396 g/mol. The predicted octanol–water partition coefficient (Wildman–Crippen LogP) is 4.08. The van der Waals surface area contributed by atoms with Gasteiger partial charge in [0.15, 0.2) is 0 Å². The molecule has 1 atom stereocenters. The maximum atomic E-state index is 12.9. The van der Waals surface area contributed by atoms with Gasteiger partial charge in [0.1, 0.15) is 11.5 Å². The number of piperidine rings is 1. The van der Waals surface area contributed by atoms with E-state index in [0.717, 1.165) is 36.8 Å². The maximum absolute atomic E-state index is 12.9. The van der Waals surface area contributed by atoms with Crippen molar-refractivity contribution in [3.8, 4) is 11.3 Å². The molecule has 1 aromatic heterocycles. The first-order valence-corrected chi connectivity index (χ1v) is 10.5. The number of hydrogen-bond donors (Lipinski definition) is 1. The van der Waals surface area contributed by atoms with Crippen LogP contribution in [0.15, 0.2) is 34.9 Å². The summed E-state index contributed by atoms with van der Waals surface area (Å²) in [5.41, 5.74) is 1.77. The van der Waals surface area contributed by atoms with E-state index in [1.165, 1.54) is 0 Å². The van der Waals surface area contributed by atoms with E-state index in [9.17, 15) is 14.7 Å². The molecule has 6 heteroatoms. The van der Waals surface area contributed by atoms with Crippen LogP contribution in [0.4, 0.5) is 0 Å². The van der Waals surface area contributed by atoms with Crippen LogP contribution in [0.3, 0.4) is 0 Å². The van der Waals surface area contributed by atoms with Gasteiger partial charge >= 0.3 is 5.97 Å². The number of carbonyl (C=O) groups is 2. The number of hydrogen-bond acceptors (Lipinski definition) is 4. The molecule has 4 rings (SSSR count). The van der Waals surface area contributed by atoms with Crippen molar-refractivity contribution in [3.05, 3.63) is 41.7 Å². The van der Waals surface area contributed by atoms with Gasteiger partial charge in [-0.1, -0.05) is 42.3 Å². The van der Waals surface area contributed by atoms with E-state index >= 15 is 0 Å². The summed E-state index contributed by atoms with van der Waals surface area (Å²) in [4.78, 5) is 27.0. The second kappa shape index (κ2) is 8.01. The Morgan fingerprint density at radius 3 is 2.72 bits per heavy atom. The van der Waals surface area contributed by atoms with Crippen molar-refractivity contribution in [2.45, 2.75) is 51.9 Å². The van der Waals surface area contributed by atoms with Gasteiger partial charge in [0, 0.05) is 37.1 Å². The number of benzene rings is 1. The third-order valence-corrected chi connectivity index (χ3v) is 6.54. The number of carbonyl (C=O) groups excluding carboxylic acids is 1. The summed E-state index contributed by atoms with van der Waals surface area (Å²) in [5.74, 6) is -0.111. The fraction of sp³-hybridized carbons (Fsp3) is 0.522. The summed E-state index contributed by atoms with van der Waals surface area (Å²) in [7, 11) is 0. The molecule has 29 heavy (non-hydrogen) atoms. The van der Waals surface area contributed by atoms with Gasteiger partial charge in [0.05, 0.1) is 5.41 Å². The monoisotopic (exact) mass is 396 g/mol. The molecule has 2 heterocycles. The molecule has 0 bridgehead atoms. The number of rotatable bonds is 5. The Morgan fingerprint density at radius 1 is 1.24 bits per heavy atom. The van der Waals surface area contributed by atoms with Crippen LogP contribution >= 0.6 is 0 Å². The van der Waals surface area contributed by atoms with E-state index in [1.54, 1.807) is 4.90 Å². The Balaban J connectivity index is 1.54. The van der Waals surface area contributed by atoms with Crippen molar-refractivity contribution in [1.29, 1.82) is 0 Å². The molecule has 1 saturated heterocycles. The van der Waals surface area contributed by atoms with Gasteiger partial charge in [0.25, 0.3) is 0 Å². The molecule has 6 nitrogen and oxygen atoms in total. The van der Waals surface area contributed by atoms with Crippen molar-refractivity contribution >= 4 is 11.9 Å². The molecule has 0 spiro atoms.